The van der Waals surface area contributed by atoms with Crippen molar-refractivity contribution >= 4 is 23.6 Å². The van der Waals surface area contributed by atoms with Gasteiger partial charge in [0.1, 0.15) is 5.75 Å². The maximum Gasteiger partial charge on any atom is 0.230 e. The molecule has 1 amide bonds. The Kier molecular flexibility index (Phi) is 7.55. The van der Waals surface area contributed by atoms with Crippen molar-refractivity contribution in [3.05, 3.63) is 29.8 Å². The molecule has 28 heavy (non-hydrogen) atoms. The van der Waals surface area contributed by atoms with Gasteiger partial charge in [0.25, 0.3) is 0 Å². The van der Waals surface area contributed by atoms with E-state index in [1.807, 2.05) is 24.3 Å². The summed E-state index contributed by atoms with van der Waals surface area (Å²) in [5.41, 5.74) is 1.16. The summed E-state index contributed by atoms with van der Waals surface area (Å²) in [6, 6.07) is 7.88. The number of hydrogen-bond acceptors (Lipinski definition) is 7. The molecule has 1 aliphatic heterocycles. The van der Waals surface area contributed by atoms with Gasteiger partial charge < -0.3 is 19.7 Å². The molecule has 8 nitrogen and oxygen atoms in total. The van der Waals surface area contributed by atoms with Crippen molar-refractivity contribution in [1.82, 2.24) is 20.1 Å². The number of benzene rings is 1. The van der Waals surface area contributed by atoms with E-state index in [1.54, 1.807) is 7.11 Å². The summed E-state index contributed by atoms with van der Waals surface area (Å²) in [4.78, 5) is 14.4. The first-order chi connectivity index (χ1) is 13.7. The molecule has 0 spiro atoms. The number of ether oxygens (including phenoxy) is 2. The predicted octanol–water partition coefficient (Wildman–Crippen LogP) is 1.59. The number of hydrogen-bond donors (Lipinski definition) is 1. The number of nitrogens with zero attached hydrogens (tertiary/aromatic N) is 4. The molecule has 0 radical (unpaired) electrons. The Morgan fingerprint density at radius 2 is 2.00 bits per heavy atom. The van der Waals surface area contributed by atoms with Gasteiger partial charge in [-0.15, -0.1) is 10.2 Å². The van der Waals surface area contributed by atoms with Gasteiger partial charge in [0, 0.05) is 26.2 Å². The second-order valence-corrected chi connectivity index (χ2v) is 7.31. The molecule has 2 aromatic rings. The number of thioether (sulfide) groups is 1. The highest BCUT2D eigenvalue weighted by molar-refractivity contribution is 7.99. The van der Waals surface area contributed by atoms with Crippen molar-refractivity contribution in [2.45, 2.75) is 25.0 Å². The zero-order chi connectivity index (χ0) is 19.8. The first-order valence-corrected chi connectivity index (χ1v) is 10.5. The Labute approximate surface area is 169 Å². The third-order valence-corrected chi connectivity index (χ3v) is 5.50. The van der Waals surface area contributed by atoms with Crippen LogP contribution in [0.3, 0.4) is 0 Å². The van der Waals surface area contributed by atoms with Crippen LogP contribution in [-0.4, -0.2) is 66.4 Å². The maximum atomic E-state index is 12.2. The molecule has 0 saturated carbocycles. The lowest BCUT2D eigenvalue weighted by atomic mass is 10.1. The number of anilines is 1. The fourth-order valence-corrected chi connectivity index (χ4v) is 3.81. The lowest BCUT2D eigenvalue weighted by molar-refractivity contribution is -0.118. The summed E-state index contributed by atoms with van der Waals surface area (Å²) in [6.45, 7) is 6.47. The molecule has 0 unspecified atom stereocenters. The Morgan fingerprint density at radius 3 is 2.68 bits per heavy atom. The molecule has 0 bridgehead atoms. The summed E-state index contributed by atoms with van der Waals surface area (Å²) < 4.78 is 12.6. The lowest BCUT2D eigenvalue weighted by Gasteiger charge is -2.27. The summed E-state index contributed by atoms with van der Waals surface area (Å²) >= 11 is 1.42. The average Bonchev–Trinajstić information content (AvgIpc) is 3.16. The van der Waals surface area contributed by atoms with Gasteiger partial charge in [-0.25, -0.2) is 0 Å². The Bertz CT molecular complexity index is 759. The van der Waals surface area contributed by atoms with E-state index in [2.05, 4.69) is 31.9 Å². The Balaban J connectivity index is 1.45. The second kappa shape index (κ2) is 10.3. The molecule has 1 aromatic carbocycles. The van der Waals surface area contributed by atoms with Gasteiger partial charge in [-0.2, -0.15) is 0 Å². The molecule has 1 N–H and O–H groups in total. The van der Waals surface area contributed by atoms with Crippen LogP contribution in [0, 0.1) is 0 Å². The minimum absolute atomic E-state index is 0.00270. The molecule has 2 heterocycles. The summed E-state index contributed by atoms with van der Waals surface area (Å²) in [7, 11) is 1.65. The molecule has 9 heteroatoms. The number of rotatable bonds is 9. The van der Waals surface area contributed by atoms with E-state index in [0.29, 0.717) is 25.5 Å². The van der Waals surface area contributed by atoms with Crippen LogP contribution < -0.4 is 15.0 Å². The zero-order valence-corrected chi connectivity index (χ0v) is 17.2. The lowest BCUT2D eigenvalue weighted by Crippen LogP contribution is -2.38. The molecule has 152 valence electrons. The standard InChI is InChI=1S/C19H27N5O3S/c1-3-24-18(23-10-12-27-13-11-23)21-22-19(24)28-14-17(25)20-9-8-15-4-6-16(26-2)7-5-15/h4-7H,3,8-14H2,1-2H3,(H,20,25). The van der Waals surface area contributed by atoms with Crippen LogP contribution in [0.2, 0.25) is 0 Å². The molecule has 0 atom stereocenters. The minimum atomic E-state index is -0.00270. The fraction of sp³-hybridized carbons (Fsp3) is 0.526. The van der Waals surface area contributed by atoms with Gasteiger partial charge in [-0.3, -0.25) is 9.36 Å². The monoisotopic (exact) mass is 405 g/mol. The van der Waals surface area contributed by atoms with E-state index in [0.717, 1.165) is 48.5 Å². The average molecular weight is 406 g/mol. The van der Waals surface area contributed by atoms with E-state index in [-0.39, 0.29) is 5.91 Å². The molecule has 0 aliphatic carbocycles. The fourth-order valence-electron chi connectivity index (χ4n) is 2.98. The van der Waals surface area contributed by atoms with Crippen molar-refractivity contribution in [3.63, 3.8) is 0 Å². The van der Waals surface area contributed by atoms with Crippen molar-refractivity contribution in [2.24, 2.45) is 0 Å². The van der Waals surface area contributed by atoms with Crippen molar-refractivity contribution < 1.29 is 14.3 Å². The third-order valence-electron chi connectivity index (χ3n) is 4.53. The van der Waals surface area contributed by atoms with Crippen LogP contribution in [0.5, 0.6) is 5.75 Å². The van der Waals surface area contributed by atoms with Gasteiger partial charge in [0.2, 0.25) is 11.9 Å². The summed E-state index contributed by atoms with van der Waals surface area (Å²) in [5.74, 6) is 2.01. The molecular formula is C19H27N5O3S. The predicted molar refractivity (Wildman–Crippen MR) is 109 cm³/mol. The van der Waals surface area contributed by atoms with Gasteiger partial charge in [-0.1, -0.05) is 23.9 Å². The number of carbonyl (C=O) groups excluding carboxylic acids is 1. The third kappa shape index (κ3) is 5.39. The number of amides is 1. The van der Waals surface area contributed by atoms with Gasteiger partial charge >= 0.3 is 0 Å². The minimum Gasteiger partial charge on any atom is -0.497 e. The van der Waals surface area contributed by atoms with Crippen LogP contribution >= 0.6 is 11.8 Å². The SMILES string of the molecule is CCn1c(SCC(=O)NCCc2ccc(OC)cc2)nnc1N1CCOCC1. The van der Waals surface area contributed by atoms with E-state index in [1.165, 1.54) is 11.8 Å². The molecule has 1 aromatic heterocycles. The highest BCUT2D eigenvalue weighted by Gasteiger charge is 2.20. The number of carbonyl (C=O) groups is 1. The molecule has 1 saturated heterocycles. The van der Waals surface area contributed by atoms with Gasteiger partial charge in [0.05, 0.1) is 26.1 Å². The van der Waals surface area contributed by atoms with E-state index in [4.69, 9.17) is 9.47 Å². The number of nitrogens with one attached hydrogen (secondary N) is 1. The van der Waals surface area contributed by atoms with Crippen molar-refractivity contribution in [3.8, 4) is 5.75 Å². The smallest absolute Gasteiger partial charge is 0.230 e. The van der Waals surface area contributed by atoms with Crippen LogP contribution in [0.4, 0.5) is 5.95 Å². The maximum absolute atomic E-state index is 12.2. The summed E-state index contributed by atoms with van der Waals surface area (Å²) in [6.07, 6.45) is 0.784. The first-order valence-electron chi connectivity index (χ1n) is 9.49. The molecule has 1 aliphatic rings. The van der Waals surface area contributed by atoms with Crippen molar-refractivity contribution in [1.29, 1.82) is 0 Å². The van der Waals surface area contributed by atoms with E-state index < -0.39 is 0 Å². The highest BCUT2D eigenvalue weighted by atomic mass is 32.2. The topological polar surface area (TPSA) is 81.5 Å². The Hall–Kier alpha value is -2.26. The first kappa shape index (κ1) is 20.5. The highest BCUT2D eigenvalue weighted by Crippen LogP contribution is 2.22. The number of morpholine rings is 1. The second-order valence-electron chi connectivity index (χ2n) is 6.36. The van der Waals surface area contributed by atoms with Crippen LogP contribution in [0.1, 0.15) is 12.5 Å². The van der Waals surface area contributed by atoms with Gasteiger partial charge in [0.15, 0.2) is 5.16 Å². The quantitative estimate of drug-likeness (QED) is 0.635. The van der Waals surface area contributed by atoms with Crippen molar-refractivity contribution in [2.75, 3.05) is 50.6 Å². The van der Waals surface area contributed by atoms with Crippen LogP contribution in [0.25, 0.3) is 0 Å². The normalized spacial score (nSPS) is 14.1. The summed E-state index contributed by atoms with van der Waals surface area (Å²) in [5, 5.41) is 12.3. The van der Waals surface area contributed by atoms with E-state index >= 15 is 0 Å². The van der Waals surface area contributed by atoms with Gasteiger partial charge in [-0.05, 0) is 31.0 Å². The molecular weight excluding hydrogens is 378 g/mol. The number of methoxy groups -OCH3 is 1. The van der Waals surface area contributed by atoms with Crippen LogP contribution in [-0.2, 0) is 22.5 Å². The molecule has 3 rings (SSSR count). The zero-order valence-electron chi connectivity index (χ0n) is 16.4. The van der Waals surface area contributed by atoms with E-state index in [9.17, 15) is 4.79 Å². The largest absolute Gasteiger partial charge is 0.497 e. The molecule has 1 fully saturated rings. The van der Waals surface area contributed by atoms with Crippen LogP contribution in [0.15, 0.2) is 29.4 Å². The number of aromatic nitrogens is 3. The Morgan fingerprint density at radius 1 is 1.25 bits per heavy atom.